The average molecular weight is 316 g/mol. The van der Waals surface area contributed by atoms with E-state index < -0.39 is 5.97 Å². The number of unbranched alkanes of at least 4 members (excludes halogenated alkanes) is 7. The molecule has 0 saturated heterocycles. The zero-order valence-corrected chi connectivity index (χ0v) is 16.5. The van der Waals surface area contributed by atoms with E-state index in [1.165, 1.54) is 44.6 Å². The Morgan fingerprint density at radius 3 is 2.14 bits per heavy atom. The molecule has 112 valence electrons. The Morgan fingerprint density at radius 2 is 1.57 bits per heavy atom. The van der Waals surface area contributed by atoms with Gasteiger partial charge in [-0.05, 0) is 24.5 Å². The molecule has 0 heterocycles. The smallest absolute Gasteiger partial charge is 0.872 e. The number of hydrogen-bond acceptors (Lipinski definition) is 2. The van der Waals surface area contributed by atoms with Gasteiger partial charge in [0.05, 0.1) is 5.56 Å². The standard InChI is InChI=1S/C17H26O3.K/c1-2-3-4-5-6-7-8-9-10-14-11-15(17(19)20)13-16(18)12-14;/h11-13,18H,2-10H2,1H3,(H,19,20);/q;+1/p-1. The Morgan fingerprint density at radius 1 is 1.00 bits per heavy atom. The molecule has 1 rings (SSSR count). The van der Waals surface area contributed by atoms with E-state index in [1.807, 2.05) is 0 Å². The third kappa shape index (κ3) is 9.69. The van der Waals surface area contributed by atoms with Crippen molar-refractivity contribution in [2.45, 2.75) is 64.7 Å². The summed E-state index contributed by atoms with van der Waals surface area (Å²) < 4.78 is 0. The van der Waals surface area contributed by atoms with E-state index in [-0.39, 0.29) is 62.7 Å². The molecule has 1 aromatic carbocycles. The molecule has 4 heteroatoms. The fourth-order valence-corrected chi connectivity index (χ4v) is 2.39. The van der Waals surface area contributed by atoms with Gasteiger partial charge in [0.25, 0.3) is 0 Å². The molecule has 0 fully saturated rings. The van der Waals surface area contributed by atoms with Gasteiger partial charge < -0.3 is 10.2 Å². The second-order valence-corrected chi connectivity index (χ2v) is 5.40. The molecule has 3 nitrogen and oxygen atoms in total. The predicted octanol–water partition coefficient (Wildman–Crippen LogP) is 1.15. The summed E-state index contributed by atoms with van der Waals surface area (Å²) in [5, 5.41) is 20.3. The van der Waals surface area contributed by atoms with E-state index in [2.05, 4.69) is 6.92 Å². The van der Waals surface area contributed by atoms with Crippen LogP contribution in [0.15, 0.2) is 18.2 Å². The minimum atomic E-state index is -1.03. The van der Waals surface area contributed by atoms with Gasteiger partial charge in [0.15, 0.2) is 0 Å². The summed E-state index contributed by atoms with van der Waals surface area (Å²) in [7, 11) is 0. The minimum Gasteiger partial charge on any atom is -0.872 e. The number of aromatic carboxylic acids is 1. The third-order valence-corrected chi connectivity index (χ3v) is 3.53. The first-order valence-corrected chi connectivity index (χ1v) is 7.67. The number of aryl methyl sites for hydroxylation is 1. The molecular formula is C17H25KO3. The second kappa shape index (κ2) is 12.6. The summed E-state index contributed by atoms with van der Waals surface area (Å²) in [6.45, 7) is 2.22. The number of carboxylic acid groups (broad SMARTS) is 1. The van der Waals surface area contributed by atoms with E-state index in [1.54, 1.807) is 12.1 Å². The summed E-state index contributed by atoms with van der Waals surface area (Å²) >= 11 is 0. The van der Waals surface area contributed by atoms with E-state index >= 15 is 0 Å². The summed E-state index contributed by atoms with van der Waals surface area (Å²) in [4.78, 5) is 10.9. The van der Waals surface area contributed by atoms with Gasteiger partial charge in [-0.25, -0.2) is 4.79 Å². The van der Waals surface area contributed by atoms with Crippen LogP contribution in [0.3, 0.4) is 0 Å². The van der Waals surface area contributed by atoms with Crippen molar-refractivity contribution in [3.05, 3.63) is 29.3 Å². The van der Waals surface area contributed by atoms with Crippen LogP contribution in [0.4, 0.5) is 0 Å². The number of rotatable bonds is 10. The monoisotopic (exact) mass is 316 g/mol. The maximum Gasteiger partial charge on any atom is 1.00 e. The van der Waals surface area contributed by atoms with Gasteiger partial charge in [-0.1, -0.05) is 64.0 Å². The summed E-state index contributed by atoms with van der Waals surface area (Å²) in [5.74, 6) is -1.24. The van der Waals surface area contributed by atoms with Crippen LogP contribution in [0.25, 0.3) is 0 Å². The Labute approximate surface area is 170 Å². The SMILES string of the molecule is CCCCCCCCCCc1cc([O-])cc(C(=O)O)c1.[K+]. The molecular weight excluding hydrogens is 291 g/mol. The van der Waals surface area contributed by atoms with Gasteiger partial charge in [-0.15, -0.1) is 5.75 Å². The molecule has 0 aliphatic carbocycles. The van der Waals surface area contributed by atoms with Crippen LogP contribution in [0.1, 0.15) is 74.2 Å². The minimum absolute atomic E-state index is 0. The molecule has 0 aliphatic rings. The average Bonchev–Trinajstić information content (AvgIpc) is 2.41. The van der Waals surface area contributed by atoms with Crippen LogP contribution in [0.5, 0.6) is 5.75 Å². The van der Waals surface area contributed by atoms with Gasteiger partial charge >= 0.3 is 57.4 Å². The van der Waals surface area contributed by atoms with E-state index in [4.69, 9.17) is 5.11 Å². The first kappa shape index (κ1) is 21.1. The molecule has 1 N–H and O–H groups in total. The van der Waals surface area contributed by atoms with Crippen molar-refractivity contribution in [3.8, 4) is 5.75 Å². The first-order chi connectivity index (χ1) is 9.63. The van der Waals surface area contributed by atoms with Gasteiger partial charge in [0.2, 0.25) is 0 Å². The number of carbonyl (C=O) groups is 1. The Kier molecular flexibility index (Phi) is 12.7. The number of carboxylic acids is 1. The maximum atomic E-state index is 11.4. The van der Waals surface area contributed by atoms with E-state index in [0.29, 0.717) is 0 Å². The van der Waals surface area contributed by atoms with Crippen LogP contribution >= 0.6 is 0 Å². The fraction of sp³-hybridized carbons (Fsp3) is 0.588. The molecule has 0 unspecified atom stereocenters. The van der Waals surface area contributed by atoms with Crippen LogP contribution in [0.2, 0.25) is 0 Å². The summed E-state index contributed by atoms with van der Waals surface area (Å²) in [6.07, 6.45) is 10.7. The van der Waals surface area contributed by atoms with Crippen LogP contribution in [-0.2, 0) is 6.42 Å². The zero-order chi connectivity index (χ0) is 14.8. The largest absolute Gasteiger partial charge is 1.00 e. The van der Waals surface area contributed by atoms with Gasteiger partial charge in [0.1, 0.15) is 0 Å². The van der Waals surface area contributed by atoms with Crippen molar-refractivity contribution in [2.75, 3.05) is 0 Å². The number of hydrogen-bond donors (Lipinski definition) is 1. The molecule has 0 spiro atoms. The Balaban J connectivity index is 0.00000400. The van der Waals surface area contributed by atoms with Gasteiger partial charge in [-0.2, -0.15) is 0 Å². The van der Waals surface area contributed by atoms with Crippen LogP contribution in [-0.4, -0.2) is 11.1 Å². The molecule has 0 amide bonds. The Bertz CT molecular complexity index is 418. The maximum absolute atomic E-state index is 11.4. The molecule has 0 saturated carbocycles. The molecule has 21 heavy (non-hydrogen) atoms. The van der Waals surface area contributed by atoms with Gasteiger partial charge in [0, 0.05) is 0 Å². The molecule has 0 bridgehead atoms. The van der Waals surface area contributed by atoms with Crippen LogP contribution < -0.4 is 56.5 Å². The Hall–Kier alpha value is 0.126. The topological polar surface area (TPSA) is 60.4 Å². The third-order valence-electron chi connectivity index (χ3n) is 3.53. The van der Waals surface area contributed by atoms with E-state index in [9.17, 15) is 9.90 Å². The van der Waals surface area contributed by atoms with Crippen molar-refractivity contribution >= 4 is 5.97 Å². The van der Waals surface area contributed by atoms with Crippen molar-refractivity contribution in [1.82, 2.24) is 0 Å². The molecule has 0 radical (unpaired) electrons. The van der Waals surface area contributed by atoms with E-state index in [0.717, 1.165) is 24.8 Å². The summed E-state index contributed by atoms with van der Waals surface area (Å²) in [6, 6.07) is 4.35. The molecule has 0 aliphatic heterocycles. The van der Waals surface area contributed by atoms with Gasteiger partial charge in [-0.3, -0.25) is 0 Å². The van der Waals surface area contributed by atoms with Crippen LogP contribution in [0, 0.1) is 0 Å². The van der Waals surface area contributed by atoms with Crippen molar-refractivity contribution in [1.29, 1.82) is 0 Å². The fourth-order valence-electron chi connectivity index (χ4n) is 2.39. The predicted molar refractivity (Wildman–Crippen MR) is 79.2 cm³/mol. The quantitative estimate of drug-likeness (QED) is 0.520. The first-order valence-electron chi connectivity index (χ1n) is 7.67. The van der Waals surface area contributed by atoms with Crippen molar-refractivity contribution < 1.29 is 66.4 Å². The zero-order valence-electron chi connectivity index (χ0n) is 13.4. The molecule has 0 aromatic heterocycles. The normalized spacial score (nSPS) is 10.1. The van der Waals surface area contributed by atoms with Crippen molar-refractivity contribution in [2.24, 2.45) is 0 Å². The number of benzene rings is 1. The summed E-state index contributed by atoms with van der Waals surface area (Å²) in [5.41, 5.74) is 0.952. The molecule has 1 aromatic rings. The molecule has 0 atom stereocenters. The van der Waals surface area contributed by atoms with Crippen molar-refractivity contribution in [3.63, 3.8) is 0 Å². The second-order valence-electron chi connectivity index (χ2n) is 5.40.